The monoisotopic (exact) mass is 308 g/mol. The molecule has 0 spiro atoms. The summed E-state index contributed by atoms with van der Waals surface area (Å²) in [6.07, 6.45) is 6.88. The van der Waals surface area contributed by atoms with Gasteiger partial charge >= 0.3 is 0 Å². The molecule has 0 bridgehead atoms. The maximum Gasteiger partial charge on any atom is 0.0406 e. The molecule has 21 heavy (non-hydrogen) atoms. The van der Waals surface area contributed by atoms with Gasteiger partial charge in [0.2, 0.25) is 0 Å². The summed E-state index contributed by atoms with van der Waals surface area (Å²) < 4.78 is 0. The highest BCUT2D eigenvalue weighted by atomic mass is 35.5. The smallest absolute Gasteiger partial charge is 0.0406 e. The van der Waals surface area contributed by atoms with Gasteiger partial charge in [-0.2, -0.15) is 0 Å². The lowest BCUT2D eigenvalue weighted by Crippen LogP contribution is -2.30. The minimum Gasteiger partial charge on any atom is -0.310 e. The highest BCUT2D eigenvalue weighted by Gasteiger charge is 2.17. The molecule has 118 valence electrons. The van der Waals surface area contributed by atoms with Gasteiger partial charge in [-0.25, -0.2) is 0 Å². The van der Waals surface area contributed by atoms with Gasteiger partial charge in [0.25, 0.3) is 0 Å². The molecule has 1 aromatic rings. The van der Waals surface area contributed by atoms with E-state index in [0.29, 0.717) is 6.04 Å². The zero-order chi connectivity index (χ0) is 15.1. The van der Waals surface area contributed by atoms with Crippen molar-refractivity contribution in [1.82, 2.24) is 10.2 Å². The lowest BCUT2D eigenvalue weighted by molar-refractivity contribution is 0.263. The SMILES string of the molecule is CCNC(CCN(C)CC1CCCC1)c1ccc(Cl)cc1. The molecule has 2 nitrogen and oxygen atoms in total. The van der Waals surface area contributed by atoms with Crippen LogP contribution in [0.5, 0.6) is 0 Å². The maximum absolute atomic E-state index is 5.99. The molecule has 0 aromatic heterocycles. The number of nitrogens with one attached hydrogen (secondary N) is 1. The summed E-state index contributed by atoms with van der Waals surface area (Å²) in [5.74, 6) is 0.933. The summed E-state index contributed by atoms with van der Waals surface area (Å²) in [4.78, 5) is 2.51. The molecule has 1 unspecified atom stereocenters. The fraction of sp³-hybridized carbons (Fsp3) is 0.667. The van der Waals surface area contributed by atoms with Crippen molar-refractivity contribution in [2.45, 2.75) is 45.1 Å². The van der Waals surface area contributed by atoms with Crippen LogP contribution < -0.4 is 5.32 Å². The van der Waals surface area contributed by atoms with E-state index in [0.717, 1.165) is 30.5 Å². The Morgan fingerprint density at radius 2 is 1.90 bits per heavy atom. The van der Waals surface area contributed by atoms with Crippen molar-refractivity contribution >= 4 is 11.6 Å². The van der Waals surface area contributed by atoms with E-state index in [1.807, 2.05) is 12.1 Å². The zero-order valence-electron chi connectivity index (χ0n) is 13.4. The highest BCUT2D eigenvalue weighted by Crippen LogP contribution is 2.25. The predicted molar refractivity (Wildman–Crippen MR) is 91.9 cm³/mol. The molecule has 1 fully saturated rings. The first kappa shape index (κ1) is 16.8. The van der Waals surface area contributed by atoms with Crippen LogP contribution in [0, 0.1) is 5.92 Å². The lowest BCUT2D eigenvalue weighted by atomic mass is 10.0. The largest absolute Gasteiger partial charge is 0.310 e. The van der Waals surface area contributed by atoms with Gasteiger partial charge < -0.3 is 10.2 Å². The van der Waals surface area contributed by atoms with Crippen LogP contribution in [0.4, 0.5) is 0 Å². The molecule has 1 aliphatic rings. The Hall–Kier alpha value is -0.570. The predicted octanol–water partition coefficient (Wildman–Crippen LogP) is 4.50. The van der Waals surface area contributed by atoms with Crippen molar-refractivity contribution in [3.63, 3.8) is 0 Å². The van der Waals surface area contributed by atoms with Crippen LogP contribution in [0.15, 0.2) is 24.3 Å². The number of hydrogen-bond acceptors (Lipinski definition) is 2. The Bertz CT molecular complexity index is 398. The average molecular weight is 309 g/mol. The lowest BCUT2D eigenvalue weighted by Gasteiger charge is -2.24. The Morgan fingerprint density at radius 1 is 1.24 bits per heavy atom. The summed E-state index contributed by atoms with van der Waals surface area (Å²) in [6.45, 7) is 5.58. The minimum atomic E-state index is 0.429. The molecular formula is C18H29ClN2. The number of benzene rings is 1. The van der Waals surface area contributed by atoms with E-state index < -0.39 is 0 Å². The first-order chi connectivity index (χ1) is 10.2. The Labute approximate surface area is 134 Å². The van der Waals surface area contributed by atoms with Gasteiger partial charge in [0.15, 0.2) is 0 Å². The van der Waals surface area contributed by atoms with Gasteiger partial charge in [-0.15, -0.1) is 0 Å². The molecular weight excluding hydrogens is 280 g/mol. The summed E-state index contributed by atoms with van der Waals surface area (Å²) >= 11 is 5.99. The van der Waals surface area contributed by atoms with Crippen molar-refractivity contribution in [3.05, 3.63) is 34.9 Å². The topological polar surface area (TPSA) is 15.3 Å². The summed E-state index contributed by atoms with van der Waals surface area (Å²) in [5, 5.41) is 4.41. The normalized spacial score (nSPS) is 17.5. The van der Waals surface area contributed by atoms with Crippen LogP contribution >= 0.6 is 11.6 Å². The molecule has 1 atom stereocenters. The summed E-state index contributed by atoms with van der Waals surface area (Å²) in [6, 6.07) is 8.70. The Morgan fingerprint density at radius 3 is 2.52 bits per heavy atom. The number of halogens is 1. The summed E-state index contributed by atoms with van der Waals surface area (Å²) in [5.41, 5.74) is 1.34. The van der Waals surface area contributed by atoms with Crippen LogP contribution in [0.1, 0.15) is 50.6 Å². The van der Waals surface area contributed by atoms with E-state index in [2.05, 4.69) is 36.3 Å². The van der Waals surface area contributed by atoms with Crippen LogP contribution in [0.25, 0.3) is 0 Å². The number of nitrogens with zero attached hydrogens (tertiary/aromatic N) is 1. The van der Waals surface area contributed by atoms with E-state index in [1.54, 1.807) is 0 Å². The molecule has 1 N–H and O–H groups in total. The number of hydrogen-bond donors (Lipinski definition) is 1. The fourth-order valence-corrected chi connectivity index (χ4v) is 3.53. The van der Waals surface area contributed by atoms with Gasteiger partial charge in [-0.1, -0.05) is 43.5 Å². The maximum atomic E-state index is 5.99. The molecule has 0 amide bonds. The van der Waals surface area contributed by atoms with Crippen LogP contribution in [-0.2, 0) is 0 Å². The van der Waals surface area contributed by atoms with Crippen LogP contribution in [-0.4, -0.2) is 31.6 Å². The molecule has 1 aliphatic carbocycles. The third kappa shape index (κ3) is 5.61. The van der Waals surface area contributed by atoms with E-state index in [9.17, 15) is 0 Å². The van der Waals surface area contributed by atoms with E-state index >= 15 is 0 Å². The van der Waals surface area contributed by atoms with Crippen LogP contribution in [0.3, 0.4) is 0 Å². The third-order valence-electron chi connectivity index (χ3n) is 4.57. The highest BCUT2D eigenvalue weighted by molar-refractivity contribution is 6.30. The molecule has 0 aliphatic heterocycles. The van der Waals surface area contributed by atoms with Gasteiger partial charge in [0.05, 0.1) is 0 Å². The quantitative estimate of drug-likeness (QED) is 0.760. The van der Waals surface area contributed by atoms with Crippen LogP contribution in [0.2, 0.25) is 5.02 Å². The second kappa shape index (κ2) is 8.77. The van der Waals surface area contributed by atoms with Gasteiger partial charge in [0, 0.05) is 17.6 Å². The molecule has 0 saturated heterocycles. The molecule has 1 saturated carbocycles. The molecule has 0 radical (unpaired) electrons. The Kier molecular flexibility index (Phi) is 7.01. The molecule has 1 aromatic carbocycles. The van der Waals surface area contributed by atoms with Crippen molar-refractivity contribution in [2.75, 3.05) is 26.7 Å². The first-order valence-corrected chi connectivity index (χ1v) is 8.74. The second-order valence-electron chi connectivity index (χ2n) is 6.36. The standard InChI is InChI=1S/C18H29ClN2/c1-3-20-18(16-8-10-17(19)11-9-16)12-13-21(2)14-15-6-4-5-7-15/h8-11,15,18,20H,3-7,12-14H2,1-2H3. The third-order valence-corrected chi connectivity index (χ3v) is 4.82. The van der Waals surface area contributed by atoms with Crippen molar-refractivity contribution in [1.29, 1.82) is 0 Å². The first-order valence-electron chi connectivity index (χ1n) is 8.36. The van der Waals surface area contributed by atoms with Crippen molar-refractivity contribution in [2.24, 2.45) is 5.92 Å². The Balaban J connectivity index is 1.82. The zero-order valence-corrected chi connectivity index (χ0v) is 14.2. The van der Waals surface area contributed by atoms with Gasteiger partial charge in [0.1, 0.15) is 0 Å². The van der Waals surface area contributed by atoms with Crippen molar-refractivity contribution in [3.8, 4) is 0 Å². The molecule has 2 rings (SSSR count). The van der Waals surface area contributed by atoms with E-state index in [-0.39, 0.29) is 0 Å². The second-order valence-corrected chi connectivity index (χ2v) is 6.80. The minimum absolute atomic E-state index is 0.429. The van der Waals surface area contributed by atoms with Crippen molar-refractivity contribution < 1.29 is 0 Å². The van der Waals surface area contributed by atoms with E-state index in [4.69, 9.17) is 11.6 Å². The van der Waals surface area contributed by atoms with Gasteiger partial charge in [-0.3, -0.25) is 0 Å². The van der Waals surface area contributed by atoms with Gasteiger partial charge in [-0.05, 0) is 63.0 Å². The summed E-state index contributed by atoms with van der Waals surface area (Å²) in [7, 11) is 2.27. The fourth-order valence-electron chi connectivity index (χ4n) is 3.40. The van der Waals surface area contributed by atoms with E-state index in [1.165, 1.54) is 37.8 Å². The molecule has 3 heteroatoms. The number of rotatable bonds is 8. The molecule has 0 heterocycles. The average Bonchev–Trinajstić information content (AvgIpc) is 2.97.